The minimum atomic E-state index is 0.216. The SMILES string of the molecule is CN(Cc1ccoc1)C(=O)CCN1CCCCCCC1. The van der Waals surface area contributed by atoms with E-state index >= 15 is 0 Å². The molecule has 2 heterocycles. The van der Waals surface area contributed by atoms with Gasteiger partial charge in [0, 0.05) is 32.1 Å². The van der Waals surface area contributed by atoms with Gasteiger partial charge in [0.1, 0.15) is 0 Å². The van der Waals surface area contributed by atoms with Crippen molar-refractivity contribution in [2.75, 3.05) is 26.7 Å². The second-order valence-corrected chi connectivity index (χ2v) is 5.74. The summed E-state index contributed by atoms with van der Waals surface area (Å²) in [7, 11) is 1.86. The lowest BCUT2D eigenvalue weighted by atomic mass is 10.1. The zero-order valence-electron chi connectivity index (χ0n) is 12.5. The molecular formula is C16H26N2O2. The van der Waals surface area contributed by atoms with Crippen LogP contribution >= 0.6 is 0 Å². The highest BCUT2D eigenvalue weighted by atomic mass is 16.3. The summed E-state index contributed by atoms with van der Waals surface area (Å²) >= 11 is 0. The molecule has 0 atom stereocenters. The maximum atomic E-state index is 12.1. The Bertz CT molecular complexity index is 381. The third-order valence-electron chi connectivity index (χ3n) is 4.02. The molecule has 0 N–H and O–H groups in total. The van der Waals surface area contributed by atoms with E-state index in [1.165, 1.54) is 32.1 Å². The van der Waals surface area contributed by atoms with Gasteiger partial charge in [-0.25, -0.2) is 0 Å². The van der Waals surface area contributed by atoms with Crippen LogP contribution in [-0.2, 0) is 11.3 Å². The molecule has 0 unspecified atom stereocenters. The van der Waals surface area contributed by atoms with Crippen molar-refractivity contribution in [2.45, 2.75) is 45.1 Å². The van der Waals surface area contributed by atoms with Crippen LogP contribution in [0.15, 0.2) is 23.0 Å². The van der Waals surface area contributed by atoms with E-state index in [2.05, 4.69) is 4.90 Å². The summed E-state index contributed by atoms with van der Waals surface area (Å²) < 4.78 is 5.03. The van der Waals surface area contributed by atoms with Gasteiger partial charge >= 0.3 is 0 Å². The molecule has 0 saturated carbocycles. The molecule has 1 saturated heterocycles. The van der Waals surface area contributed by atoms with Crippen LogP contribution in [0, 0.1) is 0 Å². The molecule has 112 valence electrons. The predicted molar refractivity (Wildman–Crippen MR) is 79.3 cm³/mol. The maximum Gasteiger partial charge on any atom is 0.223 e. The van der Waals surface area contributed by atoms with Crippen molar-refractivity contribution in [1.29, 1.82) is 0 Å². The van der Waals surface area contributed by atoms with Crippen molar-refractivity contribution in [3.63, 3.8) is 0 Å². The fourth-order valence-corrected chi connectivity index (χ4v) is 2.73. The summed E-state index contributed by atoms with van der Waals surface area (Å²) in [6.45, 7) is 3.83. The first-order valence-electron chi connectivity index (χ1n) is 7.73. The average Bonchev–Trinajstić information content (AvgIpc) is 2.90. The third-order valence-corrected chi connectivity index (χ3v) is 4.02. The summed E-state index contributed by atoms with van der Waals surface area (Å²) in [5, 5.41) is 0. The second-order valence-electron chi connectivity index (χ2n) is 5.74. The molecule has 4 nitrogen and oxygen atoms in total. The summed E-state index contributed by atoms with van der Waals surface area (Å²) in [5.74, 6) is 0.216. The van der Waals surface area contributed by atoms with Crippen LogP contribution in [0.1, 0.15) is 44.1 Å². The van der Waals surface area contributed by atoms with Gasteiger partial charge in [-0.3, -0.25) is 4.79 Å². The van der Waals surface area contributed by atoms with Crippen molar-refractivity contribution in [3.05, 3.63) is 24.2 Å². The molecule has 0 bridgehead atoms. The fourth-order valence-electron chi connectivity index (χ4n) is 2.73. The number of carbonyl (C=O) groups excluding carboxylic acids is 1. The second kappa shape index (κ2) is 8.10. The van der Waals surface area contributed by atoms with Gasteiger partial charge in [0.15, 0.2) is 0 Å². The van der Waals surface area contributed by atoms with Crippen molar-refractivity contribution in [3.8, 4) is 0 Å². The molecule has 2 rings (SSSR count). The Balaban J connectivity index is 1.70. The topological polar surface area (TPSA) is 36.7 Å². The van der Waals surface area contributed by atoms with Crippen LogP contribution < -0.4 is 0 Å². The van der Waals surface area contributed by atoms with Crippen LogP contribution in [0.2, 0.25) is 0 Å². The van der Waals surface area contributed by atoms with Crippen LogP contribution in [0.25, 0.3) is 0 Å². The number of hydrogen-bond donors (Lipinski definition) is 0. The van der Waals surface area contributed by atoms with Crippen LogP contribution in [0.4, 0.5) is 0 Å². The summed E-state index contributed by atoms with van der Waals surface area (Å²) in [4.78, 5) is 16.4. The third kappa shape index (κ3) is 5.00. The largest absolute Gasteiger partial charge is 0.472 e. The Labute approximate surface area is 121 Å². The number of carbonyl (C=O) groups is 1. The average molecular weight is 278 g/mol. The molecule has 1 aliphatic heterocycles. The van der Waals surface area contributed by atoms with Crippen LogP contribution in [0.5, 0.6) is 0 Å². The van der Waals surface area contributed by atoms with E-state index in [9.17, 15) is 4.79 Å². The van der Waals surface area contributed by atoms with Gasteiger partial charge in [-0.1, -0.05) is 19.3 Å². The molecule has 20 heavy (non-hydrogen) atoms. The Morgan fingerprint density at radius 1 is 1.25 bits per heavy atom. The molecule has 4 heteroatoms. The molecule has 1 aromatic heterocycles. The quantitative estimate of drug-likeness (QED) is 0.831. The van der Waals surface area contributed by atoms with E-state index in [1.54, 1.807) is 17.4 Å². The summed E-state index contributed by atoms with van der Waals surface area (Å²) in [6, 6.07) is 1.90. The van der Waals surface area contributed by atoms with E-state index in [4.69, 9.17) is 4.42 Å². The predicted octanol–water partition coefficient (Wildman–Crippen LogP) is 2.89. The number of hydrogen-bond acceptors (Lipinski definition) is 3. The van der Waals surface area contributed by atoms with Crippen molar-refractivity contribution in [2.24, 2.45) is 0 Å². The van der Waals surface area contributed by atoms with Gasteiger partial charge in [0.2, 0.25) is 5.91 Å². The van der Waals surface area contributed by atoms with Crippen molar-refractivity contribution in [1.82, 2.24) is 9.80 Å². The fraction of sp³-hybridized carbons (Fsp3) is 0.688. The summed E-state index contributed by atoms with van der Waals surface area (Å²) in [6.07, 6.45) is 10.6. The highest BCUT2D eigenvalue weighted by molar-refractivity contribution is 5.76. The summed E-state index contributed by atoms with van der Waals surface area (Å²) in [5.41, 5.74) is 1.05. The van der Waals surface area contributed by atoms with Crippen molar-refractivity contribution >= 4 is 5.91 Å². The van der Waals surface area contributed by atoms with E-state index in [0.717, 1.165) is 25.2 Å². The Morgan fingerprint density at radius 2 is 1.95 bits per heavy atom. The minimum Gasteiger partial charge on any atom is -0.472 e. The first-order chi connectivity index (χ1) is 9.75. The van der Waals surface area contributed by atoms with Gasteiger partial charge in [-0.15, -0.1) is 0 Å². The smallest absolute Gasteiger partial charge is 0.223 e. The number of rotatable bonds is 5. The van der Waals surface area contributed by atoms with E-state index < -0.39 is 0 Å². The zero-order valence-corrected chi connectivity index (χ0v) is 12.5. The lowest BCUT2D eigenvalue weighted by molar-refractivity contribution is -0.130. The van der Waals surface area contributed by atoms with Gasteiger partial charge < -0.3 is 14.2 Å². The molecule has 1 aromatic rings. The maximum absolute atomic E-state index is 12.1. The number of likely N-dealkylation sites (tertiary alicyclic amines) is 1. The van der Waals surface area contributed by atoms with Crippen LogP contribution in [-0.4, -0.2) is 42.4 Å². The molecule has 0 aliphatic carbocycles. The molecule has 0 spiro atoms. The normalized spacial score (nSPS) is 17.4. The standard InChI is InChI=1S/C16H26N2O2/c1-17(13-15-8-12-20-14-15)16(19)7-11-18-9-5-3-2-4-6-10-18/h8,12,14H,2-7,9-11,13H2,1H3. The Kier molecular flexibility index (Phi) is 6.12. The Hall–Kier alpha value is -1.29. The molecular weight excluding hydrogens is 252 g/mol. The van der Waals surface area contributed by atoms with E-state index in [0.29, 0.717) is 13.0 Å². The highest BCUT2D eigenvalue weighted by Crippen LogP contribution is 2.11. The minimum absolute atomic E-state index is 0.216. The molecule has 1 fully saturated rings. The zero-order chi connectivity index (χ0) is 14.2. The number of furan rings is 1. The number of amides is 1. The van der Waals surface area contributed by atoms with E-state index in [1.807, 2.05) is 13.1 Å². The van der Waals surface area contributed by atoms with Gasteiger partial charge in [0.05, 0.1) is 12.5 Å². The monoisotopic (exact) mass is 278 g/mol. The molecule has 0 radical (unpaired) electrons. The van der Waals surface area contributed by atoms with E-state index in [-0.39, 0.29) is 5.91 Å². The first-order valence-corrected chi connectivity index (χ1v) is 7.73. The molecule has 1 aliphatic rings. The van der Waals surface area contributed by atoms with Gasteiger partial charge in [0.25, 0.3) is 0 Å². The lowest BCUT2D eigenvalue weighted by Crippen LogP contribution is -2.33. The highest BCUT2D eigenvalue weighted by Gasteiger charge is 2.13. The van der Waals surface area contributed by atoms with Crippen LogP contribution in [0.3, 0.4) is 0 Å². The van der Waals surface area contributed by atoms with Crippen molar-refractivity contribution < 1.29 is 9.21 Å². The molecule has 1 amide bonds. The number of nitrogens with zero attached hydrogens (tertiary/aromatic N) is 2. The lowest BCUT2D eigenvalue weighted by Gasteiger charge is -2.25. The first kappa shape index (κ1) is 15.1. The van der Waals surface area contributed by atoms with Gasteiger partial charge in [-0.05, 0) is 32.0 Å². The van der Waals surface area contributed by atoms with Gasteiger partial charge in [-0.2, -0.15) is 0 Å². The Morgan fingerprint density at radius 3 is 2.60 bits per heavy atom. The molecule has 0 aromatic carbocycles.